The Kier molecular flexibility index (Phi) is 5.73. The molecule has 1 aliphatic carbocycles. The van der Waals surface area contributed by atoms with Crippen molar-refractivity contribution in [3.8, 4) is 0 Å². The largest absolute Gasteiger partial charge is 0.326 e. The molecule has 3 heteroatoms. The summed E-state index contributed by atoms with van der Waals surface area (Å²) in [5.74, 6) is 0.848. The third-order valence-electron chi connectivity index (χ3n) is 3.81. The van der Waals surface area contributed by atoms with Crippen LogP contribution in [-0.4, -0.2) is 56.1 Å². The molecule has 3 unspecified atom stereocenters. The first-order chi connectivity index (χ1) is 7.50. The molecule has 2 N–H and O–H groups in total. The second-order valence-corrected chi connectivity index (χ2v) is 5.79. The van der Waals surface area contributed by atoms with Crippen LogP contribution in [0, 0.1) is 5.92 Å². The van der Waals surface area contributed by atoms with Gasteiger partial charge in [-0.1, -0.05) is 6.92 Å². The van der Waals surface area contributed by atoms with Gasteiger partial charge in [-0.3, -0.25) is 0 Å². The van der Waals surface area contributed by atoms with E-state index in [0.29, 0.717) is 12.1 Å². The summed E-state index contributed by atoms with van der Waals surface area (Å²) in [5.41, 5.74) is 6.22. The number of hydrogen-bond acceptors (Lipinski definition) is 3. The first-order valence-electron chi connectivity index (χ1n) is 6.61. The van der Waals surface area contributed by atoms with E-state index >= 15 is 0 Å². The molecule has 0 radical (unpaired) electrons. The molecule has 16 heavy (non-hydrogen) atoms. The van der Waals surface area contributed by atoms with Gasteiger partial charge in [-0.25, -0.2) is 0 Å². The average molecular weight is 227 g/mol. The van der Waals surface area contributed by atoms with Gasteiger partial charge in [0, 0.05) is 12.1 Å². The Morgan fingerprint density at radius 1 is 1.12 bits per heavy atom. The fourth-order valence-corrected chi connectivity index (χ4v) is 2.68. The molecule has 0 heterocycles. The molecule has 0 saturated heterocycles. The topological polar surface area (TPSA) is 32.5 Å². The van der Waals surface area contributed by atoms with Gasteiger partial charge >= 0.3 is 0 Å². The molecule has 0 aromatic carbocycles. The lowest BCUT2D eigenvalue weighted by Crippen LogP contribution is -2.50. The van der Waals surface area contributed by atoms with Gasteiger partial charge in [0.05, 0.1) is 0 Å². The third kappa shape index (κ3) is 4.40. The highest BCUT2D eigenvalue weighted by molar-refractivity contribution is 4.87. The van der Waals surface area contributed by atoms with Crippen molar-refractivity contribution < 1.29 is 0 Å². The third-order valence-corrected chi connectivity index (χ3v) is 3.81. The Hall–Kier alpha value is -0.120. The minimum absolute atomic E-state index is 0.389. The summed E-state index contributed by atoms with van der Waals surface area (Å²) in [6, 6.07) is 0.992. The molecular weight excluding hydrogens is 198 g/mol. The molecule has 96 valence electrons. The monoisotopic (exact) mass is 227 g/mol. The van der Waals surface area contributed by atoms with Crippen LogP contribution in [0.5, 0.6) is 0 Å². The van der Waals surface area contributed by atoms with Crippen LogP contribution in [0.3, 0.4) is 0 Å². The van der Waals surface area contributed by atoms with Crippen LogP contribution in [0.2, 0.25) is 0 Å². The summed E-state index contributed by atoms with van der Waals surface area (Å²) in [4.78, 5) is 4.72. The maximum atomic E-state index is 6.22. The maximum Gasteiger partial charge on any atom is 0.0246 e. The average Bonchev–Trinajstić information content (AvgIpc) is 2.21. The molecule has 0 aromatic heterocycles. The van der Waals surface area contributed by atoms with Crippen LogP contribution in [0.1, 0.15) is 32.6 Å². The van der Waals surface area contributed by atoms with Crippen LogP contribution in [0.15, 0.2) is 0 Å². The van der Waals surface area contributed by atoms with Gasteiger partial charge in [0.25, 0.3) is 0 Å². The molecule has 1 fully saturated rings. The molecule has 3 nitrogen and oxygen atoms in total. The molecule has 0 aliphatic heterocycles. The highest BCUT2D eigenvalue weighted by Crippen LogP contribution is 2.26. The quantitative estimate of drug-likeness (QED) is 0.770. The van der Waals surface area contributed by atoms with Gasteiger partial charge in [0.15, 0.2) is 0 Å². The van der Waals surface area contributed by atoms with E-state index in [2.05, 4.69) is 37.9 Å². The SMILES string of the molecule is CC1CCC(N)C(N(C)CCCN(C)C)C1. The van der Waals surface area contributed by atoms with E-state index in [1.54, 1.807) is 0 Å². The molecular formula is C13H29N3. The van der Waals surface area contributed by atoms with Crippen LogP contribution >= 0.6 is 0 Å². The van der Waals surface area contributed by atoms with Crippen molar-refractivity contribution in [2.24, 2.45) is 11.7 Å². The summed E-state index contributed by atoms with van der Waals surface area (Å²) in [6.07, 6.45) is 5.02. The highest BCUT2D eigenvalue weighted by atomic mass is 15.2. The zero-order valence-corrected chi connectivity index (χ0v) is 11.4. The van der Waals surface area contributed by atoms with Crippen LogP contribution < -0.4 is 5.73 Å². The highest BCUT2D eigenvalue weighted by Gasteiger charge is 2.28. The Labute approximate surface area is 101 Å². The summed E-state index contributed by atoms with van der Waals surface area (Å²) >= 11 is 0. The minimum atomic E-state index is 0.389. The predicted octanol–water partition coefficient (Wildman–Crippen LogP) is 1.39. The van der Waals surface area contributed by atoms with E-state index < -0.39 is 0 Å². The molecule has 1 rings (SSSR count). The lowest BCUT2D eigenvalue weighted by atomic mass is 9.83. The second-order valence-electron chi connectivity index (χ2n) is 5.79. The van der Waals surface area contributed by atoms with Crippen molar-refractivity contribution in [2.45, 2.75) is 44.7 Å². The van der Waals surface area contributed by atoms with Crippen molar-refractivity contribution in [1.82, 2.24) is 9.80 Å². The summed E-state index contributed by atoms with van der Waals surface area (Å²) < 4.78 is 0. The Bertz CT molecular complexity index is 194. The molecule has 0 bridgehead atoms. The fourth-order valence-electron chi connectivity index (χ4n) is 2.68. The van der Waals surface area contributed by atoms with Crippen molar-refractivity contribution in [2.75, 3.05) is 34.2 Å². The Morgan fingerprint density at radius 3 is 2.44 bits per heavy atom. The van der Waals surface area contributed by atoms with Gasteiger partial charge in [-0.2, -0.15) is 0 Å². The van der Waals surface area contributed by atoms with Crippen molar-refractivity contribution in [1.29, 1.82) is 0 Å². The van der Waals surface area contributed by atoms with Crippen molar-refractivity contribution in [3.05, 3.63) is 0 Å². The van der Waals surface area contributed by atoms with Gasteiger partial charge in [-0.15, -0.1) is 0 Å². The van der Waals surface area contributed by atoms with Gasteiger partial charge in [-0.05, 0) is 65.8 Å². The van der Waals surface area contributed by atoms with Crippen molar-refractivity contribution >= 4 is 0 Å². The minimum Gasteiger partial charge on any atom is -0.326 e. The summed E-state index contributed by atoms with van der Waals surface area (Å²) in [7, 11) is 6.50. The lowest BCUT2D eigenvalue weighted by molar-refractivity contribution is 0.138. The lowest BCUT2D eigenvalue weighted by Gasteiger charge is -2.38. The standard InChI is InChI=1S/C13H29N3/c1-11-6-7-12(14)13(10-11)16(4)9-5-8-15(2)3/h11-13H,5-10,14H2,1-4H3. The van der Waals surface area contributed by atoms with E-state index in [0.717, 1.165) is 5.92 Å². The Morgan fingerprint density at radius 2 is 1.81 bits per heavy atom. The van der Waals surface area contributed by atoms with Gasteiger partial charge in [0.1, 0.15) is 0 Å². The zero-order valence-electron chi connectivity index (χ0n) is 11.4. The van der Waals surface area contributed by atoms with Crippen LogP contribution in [0.25, 0.3) is 0 Å². The summed E-state index contributed by atoms with van der Waals surface area (Å²) in [6.45, 7) is 4.69. The van der Waals surface area contributed by atoms with E-state index in [-0.39, 0.29) is 0 Å². The normalized spacial score (nSPS) is 31.3. The number of nitrogens with zero attached hydrogens (tertiary/aromatic N) is 2. The fraction of sp³-hybridized carbons (Fsp3) is 1.00. The van der Waals surface area contributed by atoms with E-state index in [9.17, 15) is 0 Å². The predicted molar refractivity (Wildman–Crippen MR) is 70.6 cm³/mol. The number of nitrogens with two attached hydrogens (primary N) is 1. The van der Waals surface area contributed by atoms with E-state index in [1.807, 2.05) is 0 Å². The first-order valence-corrected chi connectivity index (χ1v) is 6.61. The molecule has 1 saturated carbocycles. The second kappa shape index (κ2) is 6.58. The van der Waals surface area contributed by atoms with Gasteiger partial charge < -0.3 is 15.5 Å². The van der Waals surface area contributed by atoms with E-state index in [4.69, 9.17) is 5.73 Å². The number of rotatable bonds is 5. The number of hydrogen-bond donors (Lipinski definition) is 1. The molecule has 0 spiro atoms. The molecule has 1 aliphatic rings. The molecule has 0 amide bonds. The maximum absolute atomic E-state index is 6.22. The number of likely N-dealkylation sites (N-methyl/N-ethyl adjacent to an activating group) is 1. The smallest absolute Gasteiger partial charge is 0.0246 e. The Balaban J connectivity index is 2.30. The molecule has 3 atom stereocenters. The van der Waals surface area contributed by atoms with Gasteiger partial charge in [0.2, 0.25) is 0 Å². The van der Waals surface area contributed by atoms with Crippen LogP contribution in [-0.2, 0) is 0 Å². The van der Waals surface area contributed by atoms with E-state index in [1.165, 1.54) is 38.8 Å². The summed E-state index contributed by atoms with van der Waals surface area (Å²) in [5, 5.41) is 0. The van der Waals surface area contributed by atoms with Crippen molar-refractivity contribution in [3.63, 3.8) is 0 Å². The van der Waals surface area contributed by atoms with Crippen LogP contribution in [0.4, 0.5) is 0 Å². The zero-order chi connectivity index (χ0) is 12.1. The molecule has 0 aromatic rings. The first kappa shape index (κ1) is 13.9.